The molecule has 88 valence electrons. The van der Waals surface area contributed by atoms with Crippen LogP contribution >= 0.6 is 27.7 Å². The first-order valence-electron chi connectivity index (χ1n) is 5.35. The molecule has 0 aliphatic carbocycles. The second-order valence-electron chi connectivity index (χ2n) is 4.20. The largest absolute Gasteiger partial charge is 0.356 e. The number of hydrogen-bond acceptors (Lipinski definition) is 2. The van der Waals surface area contributed by atoms with Crippen LogP contribution in [0.3, 0.4) is 0 Å². The molecule has 1 fully saturated rings. The van der Waals surface area contributed by atoms with Crippen LogP contribution in [0.5, 0.6) is 0 Å². The molecule has 0 spiro atoms. The van der Waals surface area contributed by atoms with Gasteiger partial charge in [-0.1, -0.05) is 13.8 Å². The Hall–Kier alpha value is -0.420. The molecule has 0 radical (unpaired) electrons. The Morgan fingerprint density at radius 2 is 2.12 bits per heavy atom. The van der Waals surface area contributed by atoms with E-state index < -0.39 is 0 Å². The number of halogens is 1. The molecule has 1 aliphatic rings. The van der Waals surface area contributed by atoms with Crippen molar-refractivity contribution in [3.8, 4) is 0 Å². The third-order valence-corrected chi connectivity index (χ3v) is 4.27. The molecule has 3 nitrogen and oxygen atoms in total. The van der Waals surface area contributed by atoms with Crippen molar-refractivity contribution in [1.82, 2.24) is 9.88 Å². The van der Waals surface area contributed by atoms with Crippen LogP contribution < -0.4 is 0 Å². The van der Waals surface area contributed by atoms with Crippen molar-refractivity contribution in [2.45, 2.75) is 24.3 Å². The molecule has 2 atom stereocenters. The Kier molecular flexibility index (Phi) is 3.64. The van der Waals surface area contributed by atoms with E-state index in [4.69, 9.17) is 0 Å². The van der Waals surface area contributed by atoms with Gasteiger partial charge in [0.2, 0.25) is 0 Å². The van der Waals surface area contributed by atoms with E-state index in [1.807, 2.05) is 22.7 Å². The summed E-state index contributed by atoms with van der Waals surface area (Å²) in [7, 11) is 0. The van der Waals surface area contributed by atoms with Gasteiger partial charge < -0.3 is 9.88 Å². The highest BCUT2D eigenvalue weighted by Gasteiger charge is 2.26. The molecule has 16 heavy (non-hydrogen) atoms. The third-order valence-electron chi connectivity index (χ3n) is 2.59. The summed E-state index contributed by atoms with van der Waals surface area (Å²) in [6.07, 6.45) is 1.79. The summed E-state index contributed by atoms with van der Waals surface area (Å²) in [5.41, 5.74) is 0.665. The lowest BCUT2D eigenvalue weighted by Gasteiger charge is -2.34. The van der Waals surface area contributed by atoms with Crippen LogP contribution in [0.2, 0.25) is 0 Å². The molecule has 1 aromatic heterocycles. The maximum absolute atomic E-state index is 12.2. The summed E-state index contributed by atoms with van der Waals surface area (Å²) < 4.78 is 0.920. The molecule has 5 heteroatoms. The first-order chi connectivity index (χ1) is 7.56. The van der Waals surface area contributed by atoms with E-state index in [1.165, 1.54) is 0 Å². The van der Waals surface area contributed by atoms with E-state index >= 15 is 0 Å². The van der Waals surface area contributed by atoms with Crippen molar-refractivity contribution in [1.29, 1.82) is 0 Å². The van der Waals surface area contributed by atoms with Crippen LogP contribution in [0.15, 0.2) is 16.7 Å². The van der Waals surface area contributed by atoms with Gasteiger partial charge in [-0.2, -0.15) is 11.8 Å². The first kappa shape index (κ1) is 12.0. The number of aromatic nitrogens is 1. The van der Waals surface area contributed by atoms with Crippen molar-refractivity contribution in [2.75, 3.05) is 13.1 Å². The maximum atomic E-state index is 12.2. The summed E-state index contributed by atoms with van der Waals surface area (Å²) >= 11 is 5.29. The fourth-order valence-electron chi connectivity index (χ4n) is 2.01. The van der Waals surface area contributed by atoms with Gasteiger partial charge in [-0.05, 0) is 22.0 Å². The van der Waals surface area contributed by atoms with Gasteiger partial charge in [0.05, 0.1) is 0 Å². The van der Waals surface area contributed by atoms with Crippen molar-refractivity contribution in [2.24, 2.45) is 0 Å². The molecule has 1 aliphatic heterocycles. The first-order valence-corrected chi connectivity index (χ1v) is 7.08. The monoisotopic (exact) mass is 302 g/mol. The zero-order valence-electron chi connectivity index (χ0n) is 9.37. The van der Waals surface area contributed by atoms with Crippen molar-refractivity contribution < 1.29 is 4.79 Å². The second kappa shape index (κ2) is 4.84. The fourth-order valence-corrected chi connectivity index (χ4v) is 3.67. The molecule has 2 rings (SSSR count). The number of hydrogen-bond donors (Lipinski definition) is 1. The minimum absolute atomic E-state index is 0.102. The summed E-state index contributed by atoms with van der Waals surface area (Å²) in [6, 6.07) is 1.83. The second-order valence-corrected chi connectivity index (χ2v) is 7.00. The van der Waals surface area contributed by atoms with Gasteiger partial charge in [0.15, 0.2) is 0 Å². The Balaban J connectivity index is 2.09. The Labute approximate surface area is 108 Å². The van der Waals surface area contributed by atoms with E-state index in [0.717, 1.165) is 17.6 Å². The van der Waals surface area contributed by atoms with Crippen molar-refractivity contribution in [3.05, 3.63) is 22.4 Å². The van der Waals surface area contributed by atoms with Crippen LogP contribution in [-0.2, 0) is 0 Å². The lowest BCUT2D eigenvalue weighted by molar-refractivity contribution is 0.0748. The van der Waals surface area contributed by atoms with E-state index in [2.05, 4.69) is 34.8 Å². The van der Waals surface area contributed by atoms with E-state index in [-0.39, 0.29) is 5.91 Å². The fraction of sp³-hybridized carbons (Fsp3) is 0.545. The molecule has 1 N–H and O–H groups in total. The van der Waals surface area contributed by atoms with E-state index in [0.29, 0.717) is 16.2 Å². The Morgan fingerprint density at radius 3 is 2.62 bits per heavy atom. The minimum Gasteiger partial charge on any atom is -0.356 e. The topological polar surface area (TPSA) is 36.1 Å². The summed E-state index contributed by atoms with van der Waals surface area (Å²) in [5, 5.41) is 1.04. The number of nitrogens with one attached hydrogen (secondary N) is 1. The highest BCUT2D eigenvalue weighted by atomic mass is 79.9. The standard InChI is InChI=1S/C11H15BrN2OS/c1-7-5-14(6-8(2)16-7)11(15)10-3-9(12)4-13-10/h3-4,7-8,13H,5-6H2,1-2H3. The van der Waals surface area contributed by atoms with E-state index in [9.17, 15) is 4.79 Å². The summed E-state index contributed by atoms with van der Waals surface area (Å²) in [6.45, 7) is 6.02. The van der Waals surface area contributed by atoms with Gasteiger partial charge >= 0.3 is 0 Å². The number of thioether (sulfide) groups is 1. The number of carbonyl (C=O) groups excluding carboxylic acids is 1. The zero-order chi connectivity index (χ0) is 11.7. The number of H-pyrrole nitrogens is 1. The number of amides is 1. The number of carbonyl (C=O) groups is 1. The van der Waals surface area contributed by atoms with Crippen LogP contribution in [0.25, 0.3) is 0 Å². The molecule has 1 amide bonds. The Bertz CT molecular complexity index is 383. The highest BCUT2D eigenvalue weighted by molar-refractivity contribution is 9.10. The van der Waals surface area contributed by atoms with Gasteiger partial charge in [0.25, 0.3) is 5.91 Å². The molecule has 1 aromatic rings. The average Bonchev–Trinajstić information content (AvgIpc) is 2.62. The molecule has 0 bridgehead atoms. The third kappa shape index (κ3) is 2.63. The summed E-state index contributed by atoms with van der Waals surface area (Å²) in [5.74, 6) is 0.102. The molecular formula is C11H15BrN2OS. The smallest absolute Gasteiger partial charge is 0.270 e. The summed E-state index contributed by atoms with van der Waals surface area (Å²) in [4.78, 5) is 17.1. The van der Waals surface area contributed by atoms with Crippen molar-refractivity contribution in [3.63, 3.8) is 0 Å². The Morgan fingerprint density at radius 1 is 1.50 bits per heavy atom. The van der Waals surface area contributed by atoms with Gasteiger partial charge in [0, 0.05) is 34.3 Å². The van der Waals surface area contributed by atoms with E-state index in [1.54, 1.807) is 6.20 Å². The molecule has 0 aromatic carbocycles. The van der Waals surface area contributed by atoms with Crippen LogP contribution in [0.1, 0.15) is 24.3 Å². The number of aromatic amines is 1. The number of nitrogens with zero attached hydrogens (tertiary/aromatic N) is 1. The van der Waals surface area contributed by atoms with Gasteiger partial charge in [0.1, 0.15) is 5.69 Å². The lowest BCUT2D eigenvalue weighted by Crippen LogP contribution is -2.44. The normalized spacial score (nSPS) is 25.8. The molecule has 0 saturated carbocycles. The van der Waals surface area contributed by atoms with Gasteiger partial charge in [-0.3, -0.25) is 4.79 Å². The molecule has 2 heterocycles. The lowest BCUT2D eigenvalue weighted by atomic mass is 10.3. The predicted octanol–water partition coefficient (Wildman–Crippen LogP) is 2.74. The average molecular weight is 303 g/mol. The van der Waals surface area contributed by atoms with Crippen molar-refractivity contribution >= 4 is 33.6 Å². The van der Waals surface area contributed by atoms with Crippen LogP contribution in [0.4, 0.5) is 0 Å². The highest BCUT2D eigenvalue weighted by Crippen LogP contribution is 2.25. The molecule has 1 saturated heterocycles. The zero-order valence-corrected chi connectivity index (χ0v) is 11.8. The maximum Gasteiger partial charge on any atom is 0.270 e. The van der Waals surface area contributed by atoms with Crippen LogP contribution in [-0.4, -0.2) is 39.4 Å². The predicted molar refractivity (Wildman–Crippen MR) is 70.9 cm³/mol. The quantitative estimate of drug-likeness (QED) is 0.866. The molecular weight excluding hydrogens is 288 g/mol. The molecule has 2 unspecified atom stereocenters. The van der Waals surface area contributed by atoms with Gasteiger partial charge in [-0.15, -0.1) is 0 Å². The van der Waals surface area contributed by atoms with Crippen LogP contribution in [0, 0.1) is 0 Å². The minimum atomic E-state index is 0.102. The number of rotatable bonds is 1. The SMILES string of the molecule is CC1CN(C(=O)c2cc(Br)c[nH]2)CC(C)S1. The van der Waals surface area contributed by atoms with Gasteiger partial charge in [-0.25, -0.2) is 0 Å².